The average molecular weight is 384 g/mol. The third-order valence-corrected chi connectivity index (χ3v) is 6.54. The molecule has 3 N–H and O–H groups in total. The topological polar surface area (TPSA) is 39.9 Å². The van der Waals surface area contributed by atoms with Crippen molar-refractivity contribution < 1.29 is 0 Å². The van der Waals surface area contributed by atoms with E-state index in [1.807, 2.05) is 11.3 Å². The lowest BCUT2D eigenvalue weighted by molar-refractivity contribution is 0.412. The van der Waals surface area contributed by atoms with Gasteiger partial charge in [-0.25, -0.2) is 0 Å². The summed E-state index contributed by atoms with van der Waals surface area (Å²) in [5, 5.41) is 11.2. The Labute approximate surface area is 164 Å². The van der Waals surface area contributed by atoms with Crippen LogP contribution in [0.1, 0.15) is 48.5 Å². The van der Waals surface area contributed by atoms with Crippen LogP contribution in [-0.2, 0) is 0 Å². The Morgan fingerprint density at radius 2 is 2.00 bits per heavy atom. The Kier molecular flexibility index (Phi) is 5.56. The summed E-state index contributed by atoms with van der Waals surface area (Å²) in [4.78, 5) is 4.78. The molecule has 1 saturated carbocycles. The Bertz CT molecular complexity index is 847. The fourth-order valence-electron chi connectivity index (χ4n) is 3.91. The fraction of sp³-hybridized carbons (Fsp3) is 0.381. The second-order valence-electron chi connectivity index (χ2n) is 7.05. The molecule has 0 saturated heterocycles. The smallest absolute Gasteiger partial charge is 0.166 e. The van der Waals surface area contributed by atoms with Gasteiger partial charge in [0.25, 0.3) is 0 Å². The molecule has 0 amide bonds. The summed E-state index contributed by atoms with van der Waals surface area (Å²) >= 11 is 7.39. The minimum absolute atomic E-state index is 0.289. The summed E-state index contributed by atoms with van der Waals surface area (Å²) in [6, 6.07) is 13.4. The van der Waals surface area contributed by atoms with Crippen LogP contribution < -0.4 is 10.6 Å². The molecule has 0 aliphatic heterocycles. The second kappa shape index (κ2) is 8.23. The maximum absolute atomic E-state index is 5.58. The van der Waals surface area contributed by atoms with E-state index in [0.717, 1.165) is 11.7 Å². The van der Waals surface area contributed by atoms with Crippen LogP contribution in [0.2, 0.25) is 0 Å². The van der Waals surface area contributed by atoms with Gasteiger partial charge < -0.3 is 15.6 Å². The van der Waals surface area contributed by atoms with Crippen molar-refractivity contribution in [2.24, 2.45) is 0 Å². The largest absolute Gasteiger partial charge is 0.362 e. The average Bonchev–Trinajstić information content (AvgIpc) is 3.34. The number of thiocarbonyl (C=S) groups is 1. The Morgan fingerprint density at radius 1 is 1.15 bits per heavy atom. The van der Waals surface area contributed by atoms with Crippen molar-refractivity contribution in [1.82, 2.24) is 15.6 Å². The zero-order valence-electron chi connectivity index (χ0n) is 14.8. The first kappa shape index (κ1) is 17.6. The monoisotopic (exact) mass is 383 g/mol. The Balaban J connectivity index is 1.49. The number of H-pyrrole nitrogens is 1. The predicted molar refractivity (Wildman–Crippen MR) is 115 cm³/mol. The maximum Gasteiger partial charge on any atom is 0.166 e. The molecular formula is C21H25N3S2. The minimum Gasteiger partial charge on any atom is -0.362 e. The van der Waals surface area contributed by atoms with Crippen LogP contribution in [-0.4, -0.2) is 22.7 Å². The molecule has 2 heterocycles. The van der Waals surface area contributed by atoms with Gasteiger partial charge in [0.05, 0.1) is 0 Å². The van der Waals surface area contributed by atoms with E-state index >= 15 is 0 Å². The quantitative estimate of drug-likeness (QED) is 0.533. The number of nitrogens with one attached hydrogen (secondary N) is 3. The van der Waals surface area contributed by atoms with Crippen molar-refractivity contribution in [1.29, 1.82) is 0 Å². The van der Waals surface area contributed by atoms with Gasteiger partial charge in [0.2, 0.25) is 0 Å². The first-order chi connectivity index (χ1) is 12.8. The molecule has 136 valence electrons. The second-order valence-corrected chi connectivity index (χ2v) is 8.43. The fourth-order valence-corrected chi connectivity index (χ4v) is 5.01. The molecule has 1 atom stereocenters. The highest BCUT2D eigenvalue weighted by molar-refractivity contribution is 7.80. The van der Waals surface area contributed by atoms with Gasteiger partial charge in [0, 0.05) is 40.5 Å². The van der Waals surface area contributed by atoms with Gasteiger partial charge in [-0.05, 0) is 48.1 Å². The van der Waals surface area contributed by atoms with E-state index in [9.17, 15) is 0 Å². The molecule has 0 radical (unpaired) electrons. The Hall–Kier alpha value is -1.85. The zero-order chi connectivity index (χ0) is 17.8. The molecule has 1 aromatic carbocycles. The number of rotatable bonds is 5. The third kappa shape index (κ3) is 3.94. The van der Waals surface area contributed by atoms with Crippen LogP contribution in [0.4, 0.5) is 0 Å². The number of aromatic amines is 1. The molecule has 5 heteroatoms. The van der Waals surface area contributed by atoms with Gasteiger partial charge in [0.15, 0.2) is 5.11 Å². The maximum atomic E-state index is 5.58. The molecule has 3 aromatic rings. The molecule has 2 aromatic heterocycles. The third-order valence-electron chi connectivity index (χ3n) is 5.29. The van der Waals surface area contributed by atoms with Crippen molar-refractivity contribution >= 4 is 39.6 Å². The van der Waals surface area contributed by atoms with Crippen molar-refractivity contribution in [3.05, 3.63) is 58.4 Å². The van der Waals surface area contributed by atoms with Gasteiger partial charge in [-0.2, -0.15) is 0 Å². The van der Waals surface area contributed by atoms with Crippen molar-refractivity contribution in [3.63, 3.8) is 0 Å². The summed E-state index contributed by atoms with van der Waals surface area (Å²) in [5.41, 5.74) is 2.52. The lowest BCUT2D eigenvalue weighted by Gasteiger charge is -2.25. The highest BCUT2D eigenvalue weighted by atomic mass is 32.1. The zero-order valence-corrected chi connectivity index (χ0v) is 16.5. The number of aromatic nitrogens is 1. The number of thiophene rings is 1. The van der Waals surface area contributed by atoms with Crippen molar-refractivity contribution in [2.75, 3.05) is 6.54 Å². The molecule has 0 bridgehead atoms. The Morgan fingerprint density at radius 3 is 2.81 bits per heavy atom. The van der Waals surface area contributed by atoms with Gasteiger partial charge in [-0.3, -0.25) is 0 Å². The normalized spacial score (nSPS) is 16.5. The summed E-state index contributed by atoms with van der Waals surface area (Å²) in [6.07, 6.45) is 8.60. The van der Waals surface area contributed by atoms with E-state index in [-0.39, 0.29) is 5.92 Å². The lowest BCUT2D eigenvalue weighted by Crippen LogP contribution is -2.43. The summed E-state index contributed by atoms with van der Waals surface area (Å²) in [7, 11) is 0. The van der Waals surface area contributed by atoms with Crippen LogP contribution in [0.3, 0.4) is 0 Å². The van der Waals surface area contributed by atoms with Crippen LogP contribution in [0.15, 0.2) is 48.0 Å². The van der Waals surface area contributed by atoms with Crippen molar-refractivity contribution in [2.45, 2.75) is 44.1 Å². The predicted octanol–water partition coefficient (Wildman–Crippen LogP) is 5.16. The minimum atomic E-state index is 0.289. The summed E-state index contributed by atoms with van der Waals surface area (Å²) in [6.45, 7) is 0.806. The van der Waals surface area contributed by atoms with Crippen LogP contribution >= 0.6 is 23.6 Å². The first-order valence-electron chi connectivity index (χ1n) is 9.45. The molecule has 4 rings (SSSR count). The number of hydrogen-bond acceptors (Lipinski definition) is 2. The highest BCUT2D eigenvalue weighted by Crippen LogP contribution is 2.32. The molecule has 0 spiro atoms. The van der Waals surface area contributed by atoms with Gasteiger partial charge >= 0.3 is 0 Å². The molecule has 3 nitrogen and oxygen atoms in total. The van der Waals surface area contributed by atoms with E-state index in [1.165, 1.54) is 53.4 Å². The SMILES string of the molecule is S=C(NC[C@@H](c1cccs1)c1c[nH]c2ccccc12)NC1CCCCC1. The van der Waals surface area contributed by atoms with Crippen LogP contribution in [0, 0.1) is 0 Å². The number of fused-ring (bicyclic) bond motifs is 1. The first-order valence-corrected chi connectivity index (χ1v) is 10.7. The molecule has 1 fully saturated rings. The number of hydrogen-bond donors (Lipinski definition) is 3. The summed E-state index contributed by atoms with van der Waals surface area (Å²) < 4.78 is 0. The summed E-state index contributed by atoms with van der Waals surface area (Å²) in [5.74, 6) is 0.289. The number of para-hydroxylation sites is 1. The molecule has 26 heavy (non-hydrogen) atoms. The van der Waals surface area contributed by atoms with Gasteiger partial charge in [0.1, 0.15) is 0 Å². The van der Waals surface area contributed by atoms with Gasteiger partial charge in [-0.15, -0.1) is 11.3 Å². The van der Waals surface area contributed by atoms with E-state index in [1.54, 1.807) is 0 Å². The molecule has 0 unspecified atom stereocenters. The molecule has 1 aliphatic rings. The van der Waals surface area contributed by atoms with Crippen molar-refractivity contribution in [3.8, 4) is 0 Å². The van der Waals surface area contributed by atoms with Crippen LogP contribution in [0.5, 0.6) is 0 Å². The lowest BCUT2D eigenvalue weighted by atomic mass is 9.95. The standard InChI is InChI=1S/C21H25N3S2/c25-21(24-15-7-2-1-3-8-15)23-14-18(20-11-6-12-26-20)17-13-22-19-10-5-4-9-16(17)19/h4-6,9-13,15,18,22H,1-3,7-8,14H2,(H2,23,24,25)/t18-/m1/s1. The van der Waals surface area contributed by atoms with E-state index in [2.05, 4.69) is 63.6 Å². The van der Waals surface area contributed by atoms with Crippen LogP contribution in [0.25, 0.3) is 10.9 Å². The van der Waals surface area contributed by atoms with E-state index in [0.29, 0.717) is 6.04 Å². The number of benzene rings is 1. The highest BCUT2D eigenvalue weighted by Gasteiger charge is 2.20. The van der Waals surface area contributed by atoms with E-state index in [4.69, 9.17) is 12.2 Å². The van der Waals surface area contributed by atoms with E-state index < -0.39 is 0 Å². The molecular weight excluding hydrogens is 358 g/mol. The van der Waals surface area contributed by atoms with Gasteiger partial charge in [-0.1, -0.05) is 43.5 Å². The molecule has 1 aliphatic carbocycles.